The van der Waals surface area contributed by atoms with Crippen LogP contribution in [0.1, 0.15) is 11.1 Å². The molecule has 0 aromatic heterocycles. The van der Waals surface area contributed by atoms with Gasteiger partial charge in [0.1, 0.15) is 5.75 Å². The zero-order chi connectivity index (χ0) is 11.3. The van der Waals surface area contributed by atoms with E-state index in [0.29, 0.717) is 0 Å². The molecule has 4 heteroatoms. The van der Waals surface area contributed by atoms with E-state index < -0.39 is 0 Å². The van der Waals surface area contributed by atoms with Crippen LogP contribution in [0.4, 0.5) is 0 Å². The van der Waals surface area contributed by atoms with Crippen LogP contribution in [0.2, 0.25) is 5.02 Å². The molecule has 0 spiro atoms. The van der Waals surface area contributed by atoms with Crippen molar-refractivity contribution >= 4 is 11.6 Å². The van der Waals surface area contributed by atoms with E-state index in [4.69, 9.17) is 16.3 Å². The molecule has 0 fully saturated rings. The average Bonchev–Trinajstić information content (AvgIpc) is 2.23. The molecule has 0 saturated carbocycles. The lowest BCUT2D eigenvalue weighted by molar-refractivity contribution is 0.407. The zero-order valence-corrected chi connectivity index (χ0v) is 10.1. The summed E-state index contributed by atoms with van der Waals surface area (Å²) in [4.78, 5) is 0. The molecule has 2 N–H and O–H groups in total. The summed E-state index contributed by atoms with van der Waals surface area (Å²) in [6, 6.07) is 3.90. The van der Waals surface area contributed by atoms with Crippen molar-refractivity contribution < 1.29 is 4.74 Å². The number of aryl methyl sites for hydroxylation is 1. The van der Waals surface area contributed by atoms with Crippen LogP contribution >= 0.6 is 11.6 Å². The van der Waals surface area contributed by atoms with Gasteiger partial charge in [0.2, 0.25) is 0 Å². The lowest BCUT2D eigenvalue weighted by Gasteiger charge is -2.11. The Kier molecular flexibility index (Phi) is 4.88. The molecule has 3 nitrogen and oxygen atoms in total. The maximum absolute atomic E-state index is 6.06. The van der Waals surface area contributed by atoms with Gasteiger partial charge in [-0.25, -0.2) is 0 Å². The first-order valence-electron chi connectivity index (χ1n) is 4.87. The highest BCUT2D eigenvalue weighted by molar-refractivity contribution is 6.31. The average molecular weight is 229 g/mol. The zero-order valence-electron chi connectivity index (χ0n) is 9.36. The largest absolute Gasteiger partial charge is 0.496 e. The Morgan fingerprint density at radius 2 is 2.13 bits per heavy atom. The molecule has 1 aromatic carbocycles. The van der Waals surface area contributed by atoms with Crippen LogP contribution in [0.5, 0.6) is 5.75 Å². The number of nitrogens with one attached hydrogen (secondary N) is 2. The van der Waals surface area contributed by atoms with Gasteiger partial charge in [0.05, 0.1) is 7.11 Å². The third-order valence-electron chi connectivity index (χ3n) is 2.18. The molecule has 1 aromatic rings. The molecule has 1 rings (SSSR count). The SMILES string of the molecule is CNCNCc1cc(Cl)c(C)cc1OC. The number of ether oxygens (including phenoxy) is 1. The van der Waals surface area contributed by atoms with Gasteiger partial charge in [-0.05, 0) is 31.7 Å². The van der Waals surface area contributed by atoms with Crippen LogP contribution in [-0.4, -0.2) is 20.8 Å². The predicted octanol–water partition coefficient (Wildman–Crippen LogP) is 1.92. The van der Waals surface area contributed by atoms with Crippen LogP contribution in [-0.2, 0) is 6.54 Å². The molecule has 0 aliphatic carbocycles. The van der Waals surface area contributed by atoms with Gasteiger partial charge in [0, 0.05) is 23.8 Å². The van der Waals surface area contributed by atoms with E-state index in [9.17, 15) is 0 Å². The van der Waals surface area contributed by atoms with Crippen molar-refractivity contribution in [2.24, 2.45) is 0 Å². The highest BCUT2D eigenvalue weighted by atomic mass is 35.5. The maximum atomic E-state index is 6.06. The predicted molar refractivity (Wildman–Crippen MR) is 63.5 cm³/mol. The van der Waals surface area contributed by atoms with Gasteiger partial charge in [0.15, 0.2) is 0 Å². The van der Waals surface area contributed by atoms with E-state index in [2.05, 4.69) is 10.6 Å². The van der Waals surface area contributed by atoms with Crippen LogP contribution in [0.25, 0.3) is 0 Å². The fourth-order valence-electron chi connectivity index (χ4n) is 1.35. The van der Waals surface area contributed by atoms with E-state index in [0.717, 1.165) is 35.1 Å². The molecule has 0 heterocycles. The topological polar surface area (TPSA) is 33.3 Å². The van der Waals surface area contributed by atoms with Crippen molar-refractivity contribution in [2.45, 2.75) is 13.5 Å². The Balaban J connectivity index is 2.80. The summed E-state index contributed by atoms with van der Waals surface area (Å²) >= 11 is 6.06. The van der Waals surface area contributed by atoms with E-state index in [1.54, 1.807) is 7.11 Å². The molecule has 0 atom stereocenters. The van der Waals surface area contributed by atoms with Crippen molar-refractivity contribution in [3.63, 3.8) is 0 Å². The minimum Gasteiger partial charge on any atom is -0.496 e. The first-order valence-corrected chi connectivity index (χ1v) is 5.25. The lowest BCUT2D eigenvalue weighted by atomic mass is 10.1. The minimum atomic E-state index is 0.740. The van der Waals surface area contributed by atoms with Crippen LogP contribution in [0.3, 0.4) is 0 Å². The number of hydrogen-bond acceptors (Lipinski definition) is 3. The second-order valence-corrected chi connectivity index (χ2v) is 3.78. The molecule has 0 unspecified atom stereocenters. The second kappa shape index (κ2) is 5.95. The third kappa shape index (κ3) is 3.38. The van der Waals surface area contributed by atoms with Gasteiger partial charge in [-0.2, -0.15) is 0 Å². The summed E-state index contributed by atoms with van der Waals surface area (Å²) in [5.41, 5.74) is 2.11. The van der Waals surface area contributed by atoms with Crippen LogP contribution < -0.4 is 15.4 Å². The standard InChI is InChI=1S/C11H17ClN2O/c1-8-4-11(15-3)9(5-10(8)12)6-14-7-13-2/h4-5,13-14H,6-7H2,1-3H3. The Hall–Kier alpha value is -0.770. The van der Waals surface area contributed by atoms with Crippen molar-refractivity contribution in [3.05, 3.63) is 28.3 Å². The van der Waals surface area contributed by atoms with Crippen LogP contribution in [0.15, 0.2) is 12.1 Å². The first-order chi connectivity index (χ1) is 7.19. The Bertz CT molecular complexity index is 329. The smallest absolute Gasteiger partial charge is 0.123 e. The van der Waals surface area contributed by atoms with Crippen molar-refractivity contribution in [1.82, 2.24) is 10.6 Å². The number of methoxy groups -OCH3 is 1. The fraction of sp³-hybridized carbons (Fsp3) is 0.455. The maximum Gasteiger partial charge on any atom is 0.123 e. The van der Waals surface area contributed by atoms with Crippen LogP contribution in [0, 0.1) is 6.92 Å². The third-order valence-corrected chi connectivity index (χ3v) is 2.59. The Labute approximate surface area is 95.8 Å². The number of hydrogen-bond donors (Lipinski definition) is 2. The van der Waals surface area contributed by atoms with Crippen molar-refractivity contribution in [1.29, 1.82) is 0 Å². The lowest BCUT2D eigenvalue weighted by Crippen LogP contribution is -2.25. The van der Waals surface area contributed by atoms with Gasteiger partial charge in [0.25, 0.3) is 0 Å². The summed E-state index contributed by atoms with van der Waals surface area (Å²) in [5, 5.41) is 7.01. The monoisotopic (exact) mass is 228 g/mol. The Morgan fingerprint density at radius 3 is 2.73 bits per heavy atom. The molecular weight excluding hydrogens is 212 g/mol. The molecular formula is C11H17ClN2O. The molecule has 0 radical (unpaired) electrons. The van der Waals surface area contributed by atoms with E-state index in [1.807, 2.05) is 26.1 Å². The molecule has 0 aliphatic heterocycles. The molecule has 15 heavy (non-hydrogen) atoms. The molecule has 0 saturated heterocycles. The van der Waals surface area contributed by atoms with Gasteiger partial charge in [-0.3, -0.25) is 0 Å². The van der Waals surface area contributed by atoms with E-state index in [-0.39, 0.29) is 0 Å². The van der Waals surface area contributed by atoms with Crippen molar-refractivity contribution in [2.75, 3.05) is 20.8 Å². The summed E-state index contributed by atoms with van der Waals surface area (Å²) in [5.74, 6) is 0.875. The summed E-state index contributed by atoms with van der Waals surface area (Å²) < 4.78 is 5.29. The molecule has 84 valence electrons. The number of benzene rings is 1. The fourth-order valence-corrected chi connectivity index (χ4v) is 1.53. The highest BCUT2D eigenvalue weighted by Crippen LogP contribution is 2.26. The number of rotatable bonds is 5. The quantitative estimate of drug-likeness (QED) is 0.597. The highest BCUT2D eigenvalue weighted by Gasteiger charge is 2.06. The summed E-state index contributed by atoms with van der Waals surface area (Å²) in [6.45, 7) is 3.47. The number of halogens is 1. The summed E-state index contributed by atoms with van der Waals surface area (Å²) in [6.07, 6.45) is 0. The van der Waals surface area contributed by atoms with Crippen molar-refractivity contribution in [3.8, 4) is 5.75 Å². The second-order valence-electron chi connectivity index (χ2n) is 3.37. The Morgan fingerprint density at radius 1 is 1.40 bits per heavy atom. The normalized spacial score (nSPS) is 10.4. The molecule has 0 bridgehead atoms. The summed E-state index contributed by atoms with van der Waals surface area (Å²) in [7, 11) is 3.57. The first kappa shape index (κ1) is 12.3. The van der Waals surface area contributed by atoms with Gasteiger partial charge in [-0.15, -0.1) is 0 Å². The van der Waals surface area contributed by atoms with Gasteiger partial charge >= 0.3 is 0 Å². The molecule has 0 aliphatic rings. The van der Waals surface area contributed by atoms with Gasteiger partial charge in [-0.1, -0.05) is 11.6 Å². The molecule has 0 amide bonds. The minimum absolute atomic E-state index is 0.740. The van der Waals surface area contributed by atoms with E-state index in [1.165, 1.54) is 0 Å². The van der Waals surface area contributed by atoms with E-state index >= 15 is 0 Å². The van der Waals surface area contributed by atoms with Gasteiger partial charge < -0.3 is 15.4 Å².